The molecule has 2 rings (SSSR count). The number of hydrogen-bond acceptors (Lipinski definition) is 4. The van der Waals surface area contributed by atoms with Crippen LogP contribution in [0.2, 0.25) is 0 Å². The lowest BCUT2D eigenvalue weighted by Crippen LogP contribution is -2.18. The van der Waals surface area contributed by atoms with Crippen LogP contribution in [0.4, 0.5) is 11.4 Å². The Morgan fingerprint density at radius 3 is 2.62 bits per heavy atom. The first-order valence-corrected chi connectivity index (χ1v) is 6.74. The molecule has 0 saturated carbocycles. The molecular weight excluding hydrogens is 266 g/mol. The van der Waals surface area contributed by atoms with Gasteiger partial charge >= 0.3 is 0 Å². The summed E-state index contributed by atoms with van der Waals surface area (Å²) in [4.78, 5) is 11.5. The van der Waals surface area contributed by atoms with Gasteiger partial charge in [0.15, 0.2) is 0 Å². The second-order valence-electron chi connectivity index (χ2n) is 4.47. The molecule has 0 bridgehead atoms. The highest BCUT2D eigenvalue weighted by molar-refractivity contribution is 5.95. The first kappa shape index (κ1) is 14.7. The average Bonchev–Trinajstić information content (AvgIpc) is 2.53. The minimum absolute atomic E-state index is 0.152. The molecule has 0 heterocycles. The van der Waals surface area contributed by atoms with Crippen LogP contribution in [0, 0.1) is 0 Å². The van der Waals surface area contributed by atoms with Gasteiger partial charge in [-0.15, -0.1) is 0 Å². The minimum Gasteiger partial charge on any atom is -0.492 e. The summed E-state index contributed by atoms with van der Waals surface area (Å²) in [5.41, 5.74) is 7.80. The summed E-state index contributed by atoms with van der Waals surface area (Å²) < 4.78 is 5.58. The Labute approximate surface area is 124 Å². The molecular formula is C16H19N3O2. The second kappa shape index (κ2) is 7.19. The van der Waals surface area contributed by atoms with E-state index < -0.39 is 0 Å². The van der Waals surface area contributed by atoms with Gasteiger partial charge in [-0.1, -0.05) is 18.2 Å². The van der Waals surface area contributed by atoms with E-state index in [0.717, 1.165) is 11.4 Å². The van der Waals surface area contributed by atoms with Gasteiger partial charge in [-0.05, 0) is 30.3 Å². The Balaban J connectivity index is 1.85. The van der Waals surface area contributed by atoms with Crippen LogP contribution >= 0.6 is 0 Å². The van der Waals surface area contributed by atoms with E-state index in [1.165, 1.54) is 0 Å². The Morgan fingerprint density at radius 2 is 1.95 bits per heavy atom. The molecule has 0 atom stereocenters. The molecule has 4 N–H and O–H groups in total. The number of anilines is 2. The number of nitrogens with two attached hydrogens (primary N) is 1. The van der Waals surface area contributed by atoms with Crippen LogP contribution in [-0.2, 0) is 0 Å². The summed E-state index contributed by atoms with van der Waals surface area (Å²) in [7, 11) is 1.59. The molecule has 0 unspecified atom stereocenters. The molecule has 2 aromatic carbocycles. The molecule has 21 heavy (non-hydrogen) atoms. The largest absolute Gasteiger partial charge is 0.492 e. The molecule has 0 fully saturated rings. The van der Waals surface area contributed by atoms with Crippen LogP contribution in [0.1, 0.15) is 10.4 Å². The van der Waals surface area contributed by atoms with Gasteiger partial charge in [-0.3, -0.25) is 4.79 Å². The van der Waals surface area contributed by atoms with Crippen molar-refractivity contribution in [3.63, 3.8) is 0 Å². The van der Waals surface area contributed by atoms with Gasteiger partial charge < -0.3 is 21.1 Å². The van der Waals surface area contributed by atoms with Gasteiger partial charge in [0.1, 0.15) is 12.4 Å². The SMILES string of the molecule is CNC(=O)c1ccc(NCCOc2ccccc2)c(N)c1. The number of nitrogens with one attached hydrogen (secondary N) is 2. The van der Waals surface area contributed by atoms with Crippen molar-refractivity contribution in [2.45, 2.75) is 0 Å². The van der Waals surface area contributed by atoms with Crippen LogP contribution in [0.5, 0.6) is 5.75 Å². The van der Waals surface area contributed by atoms with Crippen LogP contribution < -0.4 is 21.1 Å². The van der Waals surface area contributed by atoms with E-state index in [1.807, 2.05) is 30.3 Å². The summed E-state index contributed by atoms with van der Waals surface area (Å²) >= 11 is 0. The van der Waals surface area contributed by atoms with Gasteiger partial charge in [-0.2, -0.15) is 0 Å². The second-order valence-corrected chi connectivity index (χ2v) is 4.47. The number of hydrogen-bond donors (Lipinski definition) is 3. The third-order valence-corrected chi connectivity index (χ3v) is 2.97. The van der Waals surface area contributed by atoms with Crippen molar-refractivity contribution in [2.75, 3.05) is 31.2 Å². The molecule has 110 valence electrons. The van der Waals surface area contributed by atoms with Crippen molar-refractivity contribution >= 4 is 17.3 Å². The van der Waals surface area contributed by atoms with Crippen LogP contribution in [-0.4, -0.2) is 26.1 Å². The van der Waals surface area contributed by atoms with E-state index in [0.29, 0.717) is 24.4 Å². The van der Waals surface area contributed by atoms with Crippen molar-refractivity contribution in [1.29, 1.82) is 0 Å². The van der Waals surface area contributed by atoms with Crippen molar-refractivity contribution in [3.05, 3.63) is 54.1 Å². The zero-order valence-electron chi connectivity index (χ0n) is 11.9. The smallest absolute Gasteiger partial charge is 0.251 e. The molecule has 0 saturated heterocycles. The summed E-state index contributed by atoms with van der Waals surface area (Å²) in [5.74, 6) is 0.683. The lowest BCUT2D eigenvalue weighted by Gasteiger charge is -2.11. The first-order chi connectivity index (χ1) is 10.2. The highest BCUT2D eigenvalue weighted by atomic mass is 16.5. The number of nitrogen functional groups attached to an aromatic ring is 1. The zero-order chi connectivity index (χ0) is 15.1. The van der Waals surface area contributed by atoms with Crippen molar-refractivity contribution in [2.24, 2.45) is 0 Å². The fraction of sp³-hybridized carbons (Fsp3) is 0.188. The Morgan fingerprint density at radius 1 is 1.19 bits per heavy atom. The number of rotatable bonds is 6. The van der Waals surface area contributed by atoms with Crippen molar-refractivity contribution < 1.29 is 9.53 Å². The number of carbonyl (C=O) groups excluding carboxylic acids is 1. The van der Waals surface area contributed by atoms with Gasteiger partial charge in [0.05, 0.1) is 11.4 Å². The lowest BCUT2D eigenvalue weighted by atomic mass is 10.1. The zero-order valence-corrected chi connectivity index (χ0v) is 11.9. The number of carbonyl (C=O) groups is 1. The highest BCUT2D eigenvalue weighted by Crippen LogP contribution is 2.19. The molecule has 1 amide bonds. The molecule has 0 aliphatic carbocycles. The Hall–Kier alpha value is -2.69. The lowest BCUT2D eigenvalue weighted by molar-refractivity contribution is 0.0963. The summed E-state index contributed by atoms with van der Waals surface area (Å²) in [5, 5.41) is 5.75. The third-order valence-electron chi connectivity index (χ3n) is 2.97. The monoisotopic (exact) mass is 285 g/mol. The quantitative estimate of drug-likeness (QED) is 0.561. The average molecular weight is 285 g/mol. The highest BCUT2D eigenvalue weighted by Gasteiger charge is 2.06. The van der Waals surface area contributed by atoms with E-state index in [1.54, 1.807) is 25.2 Å². The van der Waals surface area contributed by atoms with E-state index in [9.17, 15) is 4.79 Å². The first-order valence-electron chi connectivity index (χ1n) is 6.74. The van der Waals surface area contributed by atoms with Crippen molar-refractivity contribution in [1.82, 2.24) is 5.32 Å². The third kappa shape index (κ3) is 4.14. The van der Waals surface area contributed by atoms with Crippen molar-refractivity contribution in [3.8, 4) is 5.75 Å². The maximum absolute atomic E-state index is 11.5. The molecule has 5 heteroatoms. The molecule has 0 aliphatic heterocycles. The van der Waals surface area contributed by atoms with E-state index >= 15 is 0 Å². The van der Waals surface area contributed by atoms with E-state index in [4.69, 9.17) is 10.5 Å². The van der Waals surface area contributed by atoms with E-state index in [-0.39, 0.29) is 5.91 Å². The molecule has 5 nitrogen and oxygen atoms in total. The number of benzene rings is 2. The van der Waals surface area contributed by atoms with Crippen LogP contribution in [0.3, 0.4) is 0 Å². The summed E-state index contributed by atoms with van der Waals surface area (Å²) in [6, 6.07) is 14.8. The fourth-order valence-corrected chi connectivity index (χ4v) is 1.88. The Kier molecular flexibility index (Phi) is 5.04. The maximum Gasteiger partial charge on any atom is 0.251 e. The maximum atomic E-state index is 11.5. The number of ether oxygens (including phenoxy) is 1. The predicted molar refractivity (Wildman–Crippen MR) is 84.7 cm³/mol. The number of para-hydroxylation sites is 1. The van der Waals surface area contributed by atoms with Gasteiger partial charge in [0, 0.05) is 19.2 Å². The van der Waals surface area contributed by atoms with E-state index in [2.05, 4.69) is 10.6 Å². The Bertz CT molecular complexity index is 600. The summed E-state index contributed by atoms with van der Waals surface area (Å²) in [6.07, 6.45) is 0. The van der Waals surface area contributed by atoms with Gasteiger partial charge in [0.2, 0.25) is 0 Å². The minimum atomic E-state index is -0.152. The topological polar surface area (TPSA) is 76.4 Å². The molecule has 0 aliphatic rings. The molecule has 0 aromatic heterocycles. The predicted octanol–water partition coefficient (Wildman–Crippen LogP) is 2.12. The summed E-state index contributed by atoms with van der Waals surface area (Å²) in [6.45, 7) is 1.15. The van der Waals surface area contributed by atoms with Crippen LogP contribution in [0.25, 0.3) is 0 Å². The molecule has 2 aromatic rings. The van der Waals surface area contributed by atoms with Crippen LogP contribution in [0.15, 0.2) is 48.5 Å². The standard InChI is InChI=1S/C16H19N3O2/c1-18-16(20)12-7-8-15(14(17)11-12)19-9-10-21-13-5-3-2-4-6-13/h2-8,11,19H,9-10,17H2,1H3,(H,18,20). The molecule has 0 radical (unpaired) electrons. The normalized spacial score (nSPS) is 9.95. The fourth-order valence-electron chi connectivity index (χ4n) is 1.88. The number of amides is 1. The van der Waals surface area contributed by atoms with Gasteiger partial charge in [0.25, 0.3) is 5.91 Å². The molecule has 0 spiro atoms. The van der Waals surface area contributed by atoms with Gasteiger partial charge in [-0.25, -0.2) is 0 Å².